The van der Waals surface area contributed by atoms with Crippen LogP contribution in [0.4, 0.5) is 5.13 Å². The average Bonchev–Trinajstić information content (AvgIpc) is 3.11. The van der Waals surface area contributed by atoms with Crippen molar-refractivity contribution in [2.45, 2.75) is 11.8 Å². The average molecular weight is 399 g/mol. The number of amides is 1. The van der Waals surface area contributed by atoms with E-state index in [4.69, 9.17) is 4.74 Å². The van der Waals surface area contributed by atoms with Gasteiger partial charge in [0.1, 0.15) is 5.75 Å². The number of benzene rings is 2. The Labute approximate surface area is 165 Å². The Kier molecular flexibility index (Phi) is 6.26. The molecule has 27 heavy (non-hydrogen) atoms. The van der Waals surface area contributed by atoms with E-state index in [1.807, 2.05) is 54.6 Å². The Morgan fingerprint density at radius 1 is 1.11 bits per heavy atom. The van der Waals surface area contributed by atoms with Crippen molar-refractivity contribution in [3.8, 4) is 17.0 Å². The van der Waals surface area contributed by atoms with Crippen LogP contribution in [0.2, 0.25) is 0 Å². The van der Waals surface area contributed by atoms with Crippen molar-refractivity contribution in [1.82, 2.24) is 4.98 Å². The van der Waals surface area contributed by atoms with Gasteiger partial charge in [0.25, 0.3) is 0 Å². The lowest BCUT2D eigenvalue weighted by Gasteiger charge is -2.03. The van der Waals surface area contributed by atoms with Gasteiger partial charge in [-0.3, -0.25) is 9.59 Å². The summed E-state index contributed by atoms with van der Waals surface area (Å²) in [6, 6.07) is 17.0. The highest BCUT2D eigenvalue weighted by molar-refractivity contribution is 8.00. The Bertz CT molecular complexity index is 938. The molecule has 138 valence electrons. The molecule has 0 aliphatic heterocycles. The minimum Gasteiger partial charge on any atom is -0.497 e. The number of thioether (sulfide) groups is 1. The van der Waals surface area contributed by atoms with Crippen molar-refractivity contribution in [2.24, 2.45) is 0 Å². The minimum absolute atomic E-state index is 0.0699. The van der Waals surface area contributed by atoms with Gasteiger partial charge in [-0.15, -0.1) is 11.8 Å². The molecule has 0 unspecified atom stereocenters. The summed E-state index contributed by atoms with van der Waals surface area (Å²) in [4.78, 5) is 30.2. The largest absolute Gasteiger partial charge is 0.497 e. The molecule has 1 amide bonds. The number of nitrogens with zero attached hydrogens (tertiary/aromatic N) is 1. The molecule has 0 saturated heterocycles. The summed E-state index contributed by atoms with van der Waals surface area (Å²) in [6.07, 6.45) is 0. The summed E-state index contributed by atoms with van der Waals surface area (Å²) in [5, 5.41) is 3.22. The number of thiazole rings is 1. The number of aromatic nitrogens is 1. The first-order chi connectivity index (χ1) is 13.1. The van der Waals surface area contributed by atoms with Crippen molar-refractivity contribution >= 4 is 39.9 Å². The first-order valence-electron chi connectivity index (χ1n) is 8.20. The maximum absolute atomic E-state index is 12.3. The quantitative estimate of drug-likeness (QED) is 0.459. The number of nitrogens with one attached hydrogen (secondary N) is 1. The highest BCUT2D eigenvalue weighted by atomic mass is 32.2. The molecule has 7 heteroatoms. The minimum atomic E-state index is -0.167. The Morgan fingerprint density at radius 3 is 2.44 bits per heavy atom. The normalized spacial score (nSPS) is 10.4. The van der Waals surface area contributed by atoms with Gasteiger partial charge in [0.15, 0.2) is 10.9 Å². The first-order valence-corrected chi connectivity index (χ1v) is 10.0. The smallest absolute Gasteiger partial charge is 0.236 e. The fourth-order valence-electron chi connectivity index (χ4n) is 2.38. The van der Waals surface area contributed by atoms with E-state index in [0.717, 1.165) is 16.2 Å². The second kappa shape index (κ2) is 8.83. The molecule has 0 bridgehead atoms. The van der Waals surface area contributed by atoms with Crippen LogP contribution in [0.15, 0.2) is 59.5 Å². The molecule has 0 aliphatic rings. The van der Waals surface area contributed by atoms with Crippen molar-refractivity contribution in [2.75, 3.05) is 18.2 Å². The van der Waals surface area contributed by atoms with Gasteiger partial charge in [-0.1, -0.05) is 41.7 Å². The lowest BCUT2D eigenvalue weighted by Crippen LogP contribution is -2.13. The molecule has 0 fully saturated rings. The highest BCUT2D eigenvalue weighted by Crippen LogP contribution is 2.31. The van der Waals surface area contributed by atoms with Crippen molar-refractivity contribution in [3.05, 3.63) is 59.5 Å². The van der Waals surface area contributed by atoms with E-state index in [9.17, 15) is 9.59 Å². The molecule has 0 aliphatic carbocycles. The van der Waals surface area contributed by atoms with Gasteiger partial charge < -0.3 is 10.1 Å². The van der Waals surface area contributed by atoms with Gasteiger partial charge in [-0.2, -0.15) is 0 Å². The fourth-order valence-corrected chi connectivity index (χ4v) is 3.98. The summed E-state index contributed by atoms with van der Waals surface area (Å²) >= 11 is 2.62. The van der Waals surface area contributed by atoms with E-state index in [2.05, 4.69) is 10.3 Å². The second-order valence-electron chi connectivity index (χ2n) is 5.63. The van der Waals surface area contributed by atoms with E-state index in [1.165, 1.54) is 30.0 Å². The lowest BCUT2D eigenvalue weighted by atomic mass is 10.1. The molecule has 1 heterocycles. The van der Waals surface area contributed by atoms with E-state index >= 15 is 0 Å². The number of hydrogen-bond acceptors (Lipinski definition) is 6. The van der Waals surface area contributed by atoms with Crippen LogP contribution in [0.3, 0.4) is 0 Å². The van der Waals surface area contributed by atoms with Crippen LogP contribution in [0.1, 0.15) is 16.6 Å². The van der Waals surface area contributed by atoms with E-state index < -0.39 is 0 Å². The third-order valence-electron chi connectivity index (χ3n) is 3.67. The number of rotatable bonds is 7. The Hall–Kier alpha value is -2.64. The second-order valence-corrected chi connectivity index (χ2v) is 7.68. The molecule has 5 nitrogen and oxygen atoms in total. The summed E-state index contributed by atoms with van der Waals surface area (Å²) < 4.78 is 5.12. The molecule has 1 N–H and O–H groups in total. The summed E-state index contributed by atoms with van der Waals surface area (Å²) in [5.41, 5.74) is 1.46. The van der Waals surface area contributed by atoms with Crippen LogP contribution in [-0.4, -0.2) is 29.5 Å². The number of carbonyl (C=O) groups is 2. The molecule has 0 spiro atoms. The zero-order valence-corrected chi connectivity index (χ0v) is 16.5. The van der Waals surface area contributed by atoms with E-state index in [0.29, 0.717) is 15.7 Å². The molecular formula is C20H18N2O3S2. The molecule has 0 atom stereocenters. The number of methoxy groups -OCH3 is 1. The van der Waals surface area contributed by atoms with E-state index in [1.54, 1.807) is 7.11 Å². The molecule has 0 radical (unpaired) electrons. The molecule has 1 aromatic heterocycles. The van der Waals surface area contributed by atoms with Gasteiger partial charge in [0.2, 0.25) is 5.91 Å². The predicted molar refractivity (Wildman–Crippen MR) is 110 cm³/mol. The molecular weight excluding hydrogens is 380 g/mol. The van der Waals surface area contributed by atoms with Crippen molar-refractivity contribution in [1.29, 1.82) is 0 Å². The van der Waals surface area contributed by atoms with Crippen LogP contribution in [0, 0.1) is 0 Å². The van der Waals surface area contributed by atoms with E-state index in [-0.39, 0.29) is 17.4 Å². The van der Waals surface area contributed by atoms with Gasteiger partial charge in [0, 0.05) is 17.4 Å². The monoisotopic (exact) mass is 398 g/mol. The van der Waals surface area contributed by atoms with Gasteiger partial charge in [-0.05, 0) is 24.3 Å². The van der Waals surface area contributed by atoms with Gasteiger partial charge in [-0.25, -0.2) is 4.98 Å². The molecule has 3 rings (SSSR count). The van der Waals surface area contributed by atoms with Crippen LogP contribution in [0.5, 0.6) is 5.75 Å². The standard InChI is InChI=1S/C20H18N2O3S2/c1-13(23)19-18(14-6-4-3-5-7-14)22-20(27-19)21-17(24)12-26-16-10-8-15(25-2)9-11-16/h3-11H,12H2,1-2H3,(H,21,22,24). The highest BCUT2D eigenvalue weighted by Gasteiger charge is 2.17. The summed E-state index contributed by atoms with van der Waals surface area (Å²) in [6.45, 7) is 1.51. The maximum Gasteiger partial charge on any atom is 0.236 e. The topological polar surface area (TPSA) is 68.3 Å². The zero-order chi connectivity index (χ0) is 19.2. The maximum atomic E-state index is 12.3. The lowest BCUT2D eigenvalue weighted by molar-refractivity contribution is -0.113. The summed E-state index contributed by atoms with van der Waals surface area (Å²) in [7, 11) is 1.61. The third kappa shape index (κ3) is 4.96. The Morgan fingerprint density at radius 2 is 1.81 bits per heavy atom. The number of hydrogen-bond donors (Lipinski definition) is 1. The Balaban J connectivity index is 1.67. The fraction of sp³-hybridized carbons (Fsp3) is 0.150. The van der Waals surface area contributed by atoms with Crippen LogP contribution >= 0.6 is 23.1 Å². The number of ether oxygens (including phenoxy) is 1. The van der Waals surface area contributed by atoms with Crippen molar-refractivity contribution < 1.29 is 14.3 Å². The zero-order valence-electron chi connectivity index (χ0n) is 14.9. The van der Waals surface area contributed by atoms with Gasteiger partial charge in [0.05, 0.1) is 23.4 Å². The SMILES string of the molecule is COc1ccc(SCC(=O)Nc2nc(-c3ccccc3)c(C(C)=O)s2)cc1. The van der Waals surface area contributed by atoms with Crippen LogP contribution < -0.4 is 10.1 Å². The third-order valence-corrected chi connectivity index (χ3v) is 5.75. The van der Waals surface area contributed by atoms with Gasteiger partial charge >= 0.3 is 0 Å². The van der Waals surface area contributed by atoms with Crippen LogP contribution in [0.25, 0.3) is 11.3 Å². The number of ketones is 1. The predicted octanol–water partition coefficient (Wildman–Crippen LogP) is 4.75. The molecule has 0 saturated carbocycles. The number of Topliss-reactive ketones (excluding diaryl/α,β-unsaturated/α-hetero) is 1. The van der Waals surface area contributed by atoms with Crippen LogP contribution in [-0.2, 0) is 4.79 Å². The first kappa shape index (κ1) is 19.1. The van der Waals surface area contributed by atoms with Crippen molar-refractivity contribution in [3.63, 3.8) is 0 Å². The number of carbonyl (C=O) groups excluding carboxylic acids is 2. The summed E-state index contributed by atoms with van der Waals surface area (Å²) in [5.74, 6) is 0.789. The molecule has 2 aromatic carbocycles. The molecule has 3 aromatic rings. The number of anilines is 1.